The van der Waals surface area contributed by atoms with E-state index in [2.05, 4.69) is 26.3 Å². The van der Waals surface area contributed by atoms with Crippen LogP contribution in [0.4, 0.5) is 23.7 Å². The number of alkyl halides is 3. The van der Waals surface area contributed by atoms with Crippen LogP contribution >= 0.6 is 0 Å². The molecule has 3 N–H and O–H groups in total. The van der Waals surface area contributed by atoms with Gasteiger partial charge in [0.05, 0.1) is 10.9 Å². The SMILES string of the molecule is O=C1CCC(n2nnc3cc(CNC(=O)Nc4ccc(C(F)(F)F)cc4)ccc3c2=O)C(=O)N1. The summed E-state index contributed by atoms with van der Waals surface area (Å²) in [4.78, 5) is 48.2. The van der Waals surface area contributed by atoms with E-state index in [0.29, 0.717) is 5.56 Å². The van der Waals surface area contributed by atoms with E-state index in [1.54, 1.807) is 6.07 Å². The van der Waals surface area contributed by atoms with Crippen molar-refractivity contribution in [2.75, 3.05) is 5.32 Å². The summed E-state index contributed by atoms with van der Waals surface area (Å²) in [5.74, 6) is -1.03. The molecule has 1 unspecified atom stereocenters. The largest absolute Gasteiger partial charge is 0.416 e. The van der Waals surface area contributed by atoms with Crippen LogP contribution in [0.3, 0.4) is 0 Å². The number of aromatic nitrogens is 3. The topological polar surface area (TPSA) is 135 Å². The molecule has 0 bridgehead atoms. The highest BCUT2D eigenvalue weighted by Crippen LogP contribution is 2.29. The van der Waals surface area contributed by atoms with Crippen molar-refractivity contribution in [1.82, 2.24) is 25.6 Å². The normalized spacial score (nSPS) is 16.3. The Morgan fingerprint density at radius 1 is 1.12 bits per heavy atom. The first-order valence-corrected chi connectivity index (χ1v) is 10.1. The molecule has 1 aliphatic rings. The summed E-state index contributed by atoms with van der Waals surface area (Å²) in [6.45, 7) is 0.0420. The number of nitrogens with one attached hydrogen (secondary N) is 3. The smallest absolute Gasteiger partial charge is 0.334 e. The maximum Gasteiger partial charge on any atom is 0.416 e. The van der Waals surface area contributed by atoms with Crippen molar-refractivity contribution in [1.29, 1.82) is 0 Å². The van der Waals surface area contributed by atoms with Crippen LogP contribution in [0.5, 0.6) is 0 Å². The predicted octanol–water partition coefficient (Wildman–Crippen LogP) is 2.11. The number of carbonyl (C=O) groups excluding carboxylic acids is 3. The van der Waals surface area contributed by atoms with Crippen molar-refractivity contribution in [2.24, 2.45) is 0 Å². The number of urea groups is 1. The van der Waals surface area contributed by atoms with Crippen LogP contribution in [0.1, 0.15) is 30.0 Å². The van der Waals surface area contributed by atoms with Crippen molar-refractivity contribution in [2.45, 2.75) is 31.6 Å². The van der Waals surface area contributed by atoms with Crippen LogP contribution < -0.4 is 21.5 Å². The highest BCUT2D eigenvalue weighted by Gasteiger charge is 2.31. The van der Waals surface area contributed by atoms with E-state index in [1.165, 1.54) is 12.1 Å². The molecule has 1 saturated heterocycles. The summed E-state index contributed by atoms with van der Waals surface area (Å²) in [6.07, 6.45) is -4.24. The summed E-state index contributed by atoms with van der Waals surface area (Å²) < 4.78 is 38.8. The van der Waals surface area contributed by atoms with Crippen molar-refractivity contribution < 1.29 is 27.6 Å². The fraction of sp³-hybridized carbons (Fsp3) is 0.238. The number of fused-ring (bicyclic) bond motifs is 1. The number of halogens is 3. The number of rotatable bonds is 4. The lowest BCUT2D eigenvalue weighted by Gasteiger charge is -2.21. The van der Waals surface area contributed by atoms with Gasteiger partial charge in [0.1, 0.15) is 11.6 Å². The second-order valence-corrected chi connectivity index (χ2v) is 7.54. The number of imide groups is 1. The first kappa shape index (κ1) is 22.9. The van der Waals surface area contributed by atoms with Gasteiger partial charge < -0.3 is 10.6 Å². The molecule has 3 aromatic rings. The number of amides is 4. The second kappa shape index (κ2) is 8.92. The van der Waals surface area contributed by atoms with Gasteiger partial charge >= 0.3 is 12.2 Å². The average molecular weight is 474 g/mol. The molecule has 4 amide bonds. The molecular formula is C21H17F3N6O4. The number of hydrogen-bond acceptors (Lipinski definition) is 6. The van der Waals surface area contributed by atoms with E-state index >= 15 is 0 Å². The molecule has 13 heteroatoms. The van der Waals surface area contributed by atoms with Crippen molar-refractivity contribution in [3.05, 3.63) is 63.9 Å². The van der Waals surface area contributed by atoms with Gasteiger partial charge in [-0.3, -0.25) is 19.7 Å². The third-order valence-corrected chi connectivity index (χ3v) is 5.18. The van der Waals surface area contributed by atoms with Crippen LogP contribution in [-0.2, 0) is 22.3 Å². The van der Waals surface area contributed by atoms with Crippen molar-refractivity contribution in [3.63, 3.8) is 0 Å². The van der Waals surface area contributed by atoms with E-state index in [0.717, 1.165) is 28.9 Å². The highest BCUT2D eigenvalue weighted by atomic mass is 19.4. The fourth-order valence-corrected chi connectivity index (χ4v) is 3.43. The van der Waals surface area contributed by atoms with E-state index in [-0.39, 0.29) is 36.0 Å². The van der Waals surface area contributed by atoms with Gasteiger partial charge in [-0.1, -0.05) is 11.3 Å². The summed E-state index contributed by atoms with van der Waals surface area (Å²) in [5, 5.41) is 15.2. The fourth-order valence-electron chi connectivity index (χ4n) is 3.43. The molecule has 0 aliphatic carbocycles. The van der Waals surface area contributed by atoms with Crippen molar-refractivity contribution in [3.8, 4) is 0 Å². The molecule has 1 fully saturated rings. The molecule has 1 atom stereocenters. The second-order valence-electron chi connectivity index (χ2n) is 7.54. The zero-order valence-electron chi connectivity index (χ0n) is 17.3. The Hall–Kier alpha value is -4.29. The molecule has 2 aromatic carbocycles. The standard InChI is InChI=1S/C21H17F3N6O4/c22-21(23,24)12-2-4-13(5-3-12)26-20(34)25-10-11-1-6-14-15(9-11)28-29-30(19(14)33)16-7-8-17(31)27-18(16)32/h1-6,9,16H,7-8,10H2,(H2,25,26,34)(H,27,31,32). The van der Waals surface area contributed by atoms with Crippen LogP contribution in [0.25, 0.3) is 10.9 Å². The Balaban J connectivity index is 1.42. The van der Waals surface area contributed by atoms with Crippen LogP contribution in [0, 0.1) is 0 Å². The molecule has 0 radical (unpaired) electrons. The molecule has 0 spiro atoms. The highest BCUT2D eigenvalue weighted by molar-refractivity contribution is 5.99. The monoisotopic (exact) mass is 474 g/mol. The molecular weight excluding hydrogens is 457 g/mol. The lowest BCUT2D eigenvalue weighted by Crippen LogP contribution is -2.45. The first-order valence-electron chi connectivity index (χ1n) is 10.1. The number of carbonyl (C=O) groups is 3. The van der Waals surface area contributed by atoms with E-state index in [4.69, 9.17) is 0 Å². The Morgan fingerprint density at radius 3 is 2.53 bits per heavy atom. The molecule has 10 nitrogen and oxygen atoms in total. The Kier molecular flexibility index (Phi) is 6.01. The molecule has 176 valence electrons. The van der Waals surface area contributed by atoms with Crippen LogP contribution in [0.2, 0.25) is 0 Å². The first-order chi connectivity index (χ1) is 16.1. The maximum atomic E-state index is 12.8. The molecule has 34 heavy (non-hydrogen) atoms. The third-order valence-electron chi connectivity index (χ3n) is 5.18. The lowest BCUT2D eigenvalue weighted by atomic mass is 10.1. The van der Waals surface area contributed by atoms with Gasteiger partial charge in [0.2, 0.25) is 5.91 Å². The predicted molar refractivity (Wildman–Crippen MR) is 113 cm³/mol. The zero-order valence-corrected chi connectivity index (χ0v) is 17.3. The minimum Gasteiger partial charge on any atom is -0.334 e. The van der Waals surface area contributed by atoms with Gasteiger partial charge in [-0.25, -0.2) is 4.79 Å². The summed E-state index contributed by atoms with van der Waals surface area (Å²) in [5.41, 5.74) is -0.353. The van der Waals surface area contributed by atoms with Gasteiger partial charge in [0.15, 0.2) is 0 Å². The quantitative estimate of drug-likeness (QED) is 0.496. The van der Waals surface area contributed by atoms with Gasteiger partial charge in [-0.15, -0.1) is 5.10 Å². The zero-order chi connectivity index (χ0) is 24.5. The van der Waals surface area contributed by atoms with Gasteiger partial charge in [0, 0.05) is 18.7 Å². The Labute approximate surface area is 189 Å². The van der Waals surface area contributed by atoms with Crippen LogP contribution in [-0.4, -0.2) is 32.8 Å². The summed E-state index contributed by atoms with van der Waals surface area (Å²) >= 11 is 0. The third kappa shape index (κ3) is 4.87. The number of piperidine rings is 1. The number of nitrogens with zero attached hydrogens (tertiary/aromatic N) is 3. The number of hydrogen-bond donors (Lipinski definition) is 3. The van der Waals surface area contributed by atoms with Gasteiger partial charge in [-0.05, 0) is 48.4 Å². The van der Waals surface area contributed by atoms with Crippen LogP contribution in [0.15, 0.2) is 47.3 Å². The molecule has 4 rings (SSSR count). The Bertz CT molecular complexity index is 1340. The Morgan fingerprint density at radius 2 is 1.85 bits per heavy atom. The number of anilines is 1. The minimum absolute atomic E-state index is 0.0420. The number of benzene rings is 2. The molecule has 0 saturated carbocycles. The summed E-state index contributed by atoms with van der Waals surface area (Å²) in [6, 6.07) is 7.04. The average Bonchev–Trinajstić information content (AvgIpc) is 2.78. The molecule has 1 aliphatic heterocycles. The molecule has 2 heterocycles. The van der Waals surface area contributed by atoms with E-state index < -0.39 is 41.2 Å². The minimum atomic E-state index is -4.47. The maximum absolute atomic E-state index is 12.8. The van der Waals surface area contributed by atoms with E-state index in [9.17, 15) is 32.3 Å². The van der Waals surface area contributed by atoms with Gasteiger partial charge in [-0.2, -0.15) is 17.9 Å². The van der Waals surface area contributed by atoms with E-state index in [1.807, 2.05) is 0 Å². The molecule has 1 aromatic heterocycles. The van der Waals surface area contributed by atoms with Gasteiger partial charge in [0.25, 0.3) is 11.5 Å². The van der Waals surface area contributed by atoms with Crippen molar-refractivity contribution >= 4 is 34.4 Å². The summed E-state index contributed by atoms with van der Waals surface area (Å²) in [7, 11) is 0. The lowest BCUT2D eigenvalue weighted by molar-refractivity contribution is -0.138.